The Balaban J connectivity index is 1.48. The van der Waals surface area contributed by atoms with Crippen LogP contribution in [0.3, 0.4) is 0 Å². The number of para-hydroxylation sites is 1. The zero-order chi connectivity index (χ0) is 26.9. The molecule has 1 N–H and O–H groups in total. The molecule has 8 nitrogen and oxygen atoms in total. The Morgan fingerprint density at radius 2 is 1.87 bits per heavy atom. The molecule has 0 radical (unpaired) electrons. The summed E-state index contributed by atoms with van der Waals surface area (Å²) < 4.78 is 3.22. The minimum Gasteiger partial charge on any atom is -0.344 e. The third-order valence-electron chi connectivity index (χ3n) is 6.41. The van der Waals surface area contributed by atoms with Crippen LogP contribution in [0.2, 0.25) is 0 Å². The minimum absolute atomic E-state index is 0.215. The van der Waals surface area contributed by atoms with E-state index in [1.54, 1.807) is 40.7 Å². The topological polar surface area (TPSA) is 94.2 Å². The van der Waals surface area contributed by atoms with Gasteiger partial charge in [0.15, 0.2) is 10.7 Å². The van der Waals surface area contributed by atoms with Gasteiger partial charge in [-0.15, -0.1) is 11.3 Å². The third kappa shape index (κ3) is 4.47. The highest BCUT2D eigenvalue weighted by molar-refractivity contribution is 7.10. The van der Waals surface area contributed by atoms with Gasteiger partial charge in [0, 0.05) is 40.9 Å². The van der Waals surface area contributed by atoms with Gasteiger partial charge >= 0.3 is 0 Å². The lowest BCUT2D eigenvalue weighted by Gasteiger charge is -2.21. The first-order chi connectivity index (χ1) is 19.0. The van der Waals surface area contributed by atoms with Crippen molar-refractivity contribution in [2.75, 3.05) is 0 Å². The molecular formula is C30H22N6O2S. The number of hydrogen-bond donors (Lipinski definition) is 1. The van der Waals surface area contributed by atoms with Crippen LogP contribution in [0.15, 0.2) is 89.4 Å². The first-order valence-electron chi connectivity index (χ1n) is 12.3. The first kappa shape index (κ1) is 24.3. The highest BCUT2D eigenvalue weighted by Gasteiger charge is 2.23. The van der Waals surface area contributed by atoms with E-state index in [0.717, 1.165) is 5.39 Å². The van der Waals surface area contributed by atoms with Crippen molar-refractivity contribution < 1.29 is 4.79 Å². The number of hydrogen-bond acceptors (Lipinski definition) is 6. The van der Waals surface area contributed by atoms with Crippen LogP contribution >= 0.6 is 11.3 Å². The summed E-state index contributed by atoms with van der Waals surface area (Å²) in [6.07, 6.45) is 5.08. The Bertz CT molecular complexity index is 1960. The number of aromatic nitrogens is 5. The van der Waals surface area contributed by atoms with Gasteiger partial charge in [-0.25, -0.2) is 14.5 Å². The maximum atomic E-state index is 14.1. The molecule has 190 valence electrons. The van der Waals surface area contributed by atoms with Crippen molar-refractivity contribution in [3.63, 3.8) is 0 Å². The van der Waals surface area contributed by atoms with Gasteiger partial charge in [0.1, 0.15) is 5.56 Å². The lowest BCUT2D eigenvalue weighted by atomic mass is 10.0. The van der Waals surface area contributed by atoms with E-state index in [9.17, 15) is 9.59 Å². The summed E-state index contributed by atoms with van der Waals surface area (Å²) in [4.78, 5) is 36.1. The molecule has 4 aromatic heterocycles. The summed E-state index contributed by atoms with van der Waals surface area (Å²) in [7, 11) is 0. The molecule has 1 amide bonds. The summed E-state index contributed by atoms with van der Waals surface area (Å²) in [6.45, 7) is 3.64. The zero-order valence-electron chi connectivity index (χ0n) is 21.1. The average molecular weight is 531 g/mol. The van der Waals surface area contributed by atoms with Crippen LogP contribution in [0.4, 0.5) is 0 Å². The molecule has 0 aliphatic rings. The quantitative estimate of drug-likeness (QED) is 0.334. The molecule has 0 fully saturated rings. The van der Waals surface area contributed by atoms with Crippen molar-refractivity contribution in [2.24, 2.45) is 0 Å². The number of thiazole rings is 1. The van der Waals surface area contributed by atoms with Gasteiger partial charge in [-0.1, -0.05) is 36.3 Å². The lowest BCUT2D eigenvalue weighted by Crippen LogP contribution is -2.32. The number of amides is 1. The highest BCUT2D eigenvalue weighted by Crippen LogP contribution is 2.24. The Kier molecular flexibility index (Phi) is 6.23. The normalized spacial score (nSPS) is 11.7. The molecule has 4 heterocycles. The predicted octanol–water partition coefficient (Wildman–Crippen LogP) is 4.69. The minimum atomic E-state index is -0.516. The van der Waals surface area contributed by atoms with Gasteiger partial charge in [-0.05, 0) is 55.5 Å². The third-order valence-corrected chi connectivity index (χ3v) is 7.10. The van der Waals surface area contributed by atoms with Crippen LogP contribution in [0.25, 0.3) is 22.1 Å². The fourth-order valence-electron chi connectivity index (χ4n) is 4.66. The van der Waals surface area contributed by atoms with Crippen LogP contribution in [0.1, 0.15) is 45.3 Å². The standard InChI is InChI=1S/C30H22N6O2S/c1-19(33-29(37)26-20(2)34-35-16-7-14-32-28(26)35)24-18-22-9-6-8-21(12-13-25-31-15-17-39-25)27(22)30(38)36(24)23-10-4-3-5-11-23/h3-11,14-19H,1-2H3,(H,33,37)/t19-/m1/s1. The summed E-state index contributed by atoms with van der Waals surface area (Å²) in [5, 5.41) is 11.3. The van der Waals surface area contributed by atoms with Crippen molar-refractivity contribution in [1.82, 2.24) is 29.5 Å². The zero-order valence-corrected chi connectivity index (χ0v) is 21.9. The molecule has 0 aliphatic carbocycles. The Hall–Kier alpha value is -5.07. The number of aryl methyl sites for hydroxylation is 1. The van der Waals surface area contributed by atoms with Crippen molar-refractivity contribution in [1.29, 1.82) is 0 Å². The molecule has 0 unspecified atom stereocenters. The van der Waals surface area contributed by atoms with E-state index in [4.69, 9.17) is 0 Å². The van der Waals surface area contributed by atoms with Crippen LogP contribution in [-0.2, 0) is 0 Å². The van der Waals surface area contributed by atoms with Gasteiger partial charge in [-0.3, -0.25) is 14.2 Å². The second kappa shape index (κ2) is 10.0. The monoisotopic (exact) mass is 530 g/mol. The number of carbonyl (C=O) groups is 1. The molecule has 39 heavy (non-hydrogen) atoms. The number of nitrogens with one attached hydrogen (secondary N) is 1. The fraction of sp³-hybridized carbons (Fsp3) is 0.100. The molecule has 0 saturated carbocycles. The molecule has 0 saturated heterocycles. The second-order valence-corrected chi connectivity index (χ2v) is 9.84. The van der Waals surface area contributed by atoms with Gasteiger partial charge in [0.25, 0.3) is 11.5 Å². The smallest absolute Gasteiger partial charge is 0.264 e. The highest BCUT2D eigenvalue weighted by atomic mass is 32.1. The SMILES string of the molecule is Cc1nn2cccnc2c1C(=O)N[C@H](C)c1cc2cccc(C#Cc3nccs3)c2c(=O)n1-c1ccccc1. The summed E-state index contributed by atoms with van der Waals surface area (Å²) in [5.41, 5.74) is 3.18. The van der Waals surface area contributed by atoms with Crippen molar-refractivity contribution in [3.05, 3.63) is 123 Å². The maximum absolute atomic E-state index is 14.1. The van der Waals surface area contributed by atoms with E-state index in [1.807, 2.05) is 66.9 Å². The molecule has 0 spiro atoms. The van der Waals surface area contributed by atoms with Crippen LogP contribution in [-0.4, -0.2) is 30.1 Å². The van der Waals surface area contributed by atoms with Gasteiger partial charge in [0.2, 0.25) is 0 Å². The molecular weight excluding hydrogens is 508 g/mol. The van der Waals surface area contributed by atoms with E-state index >= 15 is 0 Å². The number of pyridine rings is 1. The Labute approximate surface area is 227 Å². The number of rotatable bonds is 4. The first-order valence-corrected chi connectivity index (χ1v) is 13.2. The Morgan fingerprint density at radius 3 is 2.67 bits per heavy atom. The van der Waals surface area contributed by atoms with Crippen molar-refractivity contribution in [2.45, 2.75) is 19.9 Å². The summed E-state index contributed by atoms with van der Waals surface area (Å²) in [5.74, 6) is 5.87. The number of fused-ring (bicyclic) bond motifs is 2. The van der Waals surface area contributed by atoms with E-state index in [2.05, 4.69) is 32.2 Å². The molecule has 6 aromatic rings. The fourth-order valence-corrected chi connectivity index (χ4v) is 5.14. The van der Waals surface area contributed by atoms with Gasteiger partial charge < -0.3 is 5.32 Å². The van der Waals surface area contributed by atoms with E-state index < -0.39 is 6.04 Å². The summed E-state index contributed by atoms with van der Waals surface area (Å²) >= 11 is 1.45. The van der Waals surface area contributed by atoms with Gasteiger partial charge in [-0.2, -0.15) is 5.10 Å². The van der Waals surface area contributed by atoms with Crippen LogP contribution in [0, 0.1) is 18.8 Å². The largest absolute Gasteiger partial charge is 0.344 e. The van der Waals surface area contributed by atoms with E-state index in [0.29, 0.717) is 44.2 Å². The van der Waals surface area contributed by atoms with Crippen LogP contribution < -0.4 is 10.9 Å². The number of nitrogens with zero attached hydrogens (tertiary/aromatic N) is 5. The molecule has 2 aromatic carbocycles. The molecule has 6 rings (SSSR count). The lowest BCUT2D eigenvalue weighted by molar-refractivity contribution is 0.0939. The molecule has 1 atom stereocenters. The summed E-state index contributed by atoms with van der Waals surface area (Å²) in [6, 6.07) is 18.2. The molecule has 0 aliphatic heterocycles. The maximum Gasteiger partial charge on any atom is 0.264 e. The van der Waals surface area contributed by atoms with Gasteiger partial charge in [0.05, 0.1) is 17.1 Å². The molecule has 9 heteroatoms. The van der Waals surface area contributed by atoms with E-state index in [1.165, 1.54) is 11.3 Å². The predicted molar refractivity (Wildman–Crippen MR) is 151 cm³/mol. The van der Waals surface area contributed by atoms with Crippen molar-refractivity contribution >= 4 is 33.7 Å². The Morgan fingerprint density at radius 1 is 1.03 bits per heavy atom. The number of benzene rings is 2. The number of carbonyl (C=O) groups excluding carboxylic acids is 1. The average Bonchev–Trinajstić information content (AvgIpc) is 3.59. The van der Waals surface area contributed by atoms with Crippen LogP contribution in [0.5, 0.6) is 0 Å². The molecule has 0 bridgehead atoms. The van der Waals surface area contributed by atoms with Crippen molar-refractivity contribution in [3.8, 4) is 17.5 Å². The second-order valence-electron chi connectivity index (χ2n) is 8.95. The van der Waals surface area contributed by atoms with E-state index in [-0.39, 0.29) is 11.5 Å².